The van der Waals surface area contributed by atoms with Crippen LogP contribution in [0.4, 0.5) is 0 Å². The lowest BCUT2D eigenvalue weighted by Gasteiger charge is -2.38. The van der Waals surface area contributed by atoms with Gasteiger partial charge in [0.05, 0.1) is 19.8 Å². The summed E-state index contributed by atoms with van der Waals surface area (Å²) in [7, 11) is 3.23. The first kappa shape index (κ1) is 28.3. The van der Waals surface area contributed by atoms with Crippen molar-refractivity contribution in [2.45, 2.75) is 77.2 Å². The minimum Gasteiger partial charge on any atom is -0.472 e. The van der Waals surface area contributed by atoms with E-state index in [1.807, 2.05) is 11.8 Å². The van der Waals surface area contributed by atoms with Gasteiger partial charge in [-0.1, -0.05) is 45.0 Å². The molecule has 9 nitrogen and oxygen atoms in total. The smallest absolute Gasteiger partial charge is 0.320 e. The monoisotopic (exact) mass is 526 g/mol. The molecule has 38 heavy (non-hydrogen) atoms. The van der Waals surface area contributed by atoms with Crippen molar-refractivity contribution < 1.29 is 23.7 Å². The van der Waals surface area contributed by atoms with Crippen LogP contribution in [0.5, 0.6) is 11.9 Å². The molecule has 0 saturated carbocycles. The van der Waals surface area contributed by atoms with Gasteiger partial charge in [0, 0.05) is 44.5 Å². The molecule has 2 aromatic rings. The fraction of sp³-hybridized carbons (Fsp3) is 0.621. The fourth-order valence-corrected chi connectivity index (χ4v) is 5.01. The third kappa shape index (κ3) is 6.81. The minimum absolute atomic E-state index is 0.0643. The Morgan fingerprint density at radius 3 is 2.45 bits per heavy atom. The first-order chi connectivity index (χ1) is 18.2. The Morgan fingerprint density at radius 2 is 1.82 bits per heavy atom. The van der Waals surface area contributed by atoms with Crippen molar-refractivity contribution in [1.82, 2.24) is 20.2 Å². The first-order valence-corrected chi connectivity index (χ1v) is 13.5. The number of amides is 1. The molecule has 3 heterocycles. The molecular weight excluding hydrogens is 484 g/mol. The van der Waals surface area contributed by atoms with Crippen molar-refractivity contribution in [2.24, 2.45) is 0 Å². The van der Waals surface area contributed by atoms with Gasteiger partial charge in [-0.05, 0) is 42.7 Å². The summed E-state index contributed by atoms with van der Waals surface area (Å²) in [6.07, 6.45) is 2.74. The fourth-order valence-electron chi connectivity index (χ4n) is 5.01. The molecule has 1 N–H and O–H groups in total. The summed E-state index contributed by atoms with van der Waals surface area (Å²) in [6, 6.07) is 9.11. The summed E-state index contributed by atoms with van der Waals surface area (Å²) in [5.74, 6) is 0.239. The van der Waals surface area contributed by atoms with E-state index in [2.05, 4.69) is 60.3 Å². The molecule has 0 spiro atoms. The van der Waals surface area contributed by atoms with Crippen molar-refractivity contribution in [1.29, 1.82) is 0 Å². The zero-order valence-corrected chi connectivity index (χ0v) is 23.6. The van der Waals surface area contributed by atoms with Gasteiger partial charge < -0.3 is 29.2 Å². The Labute approximate surface area is 226 Å². The van der Waals surface area contributed by atoms with Crippen LogP contribution < -0.4 is 14.8 Å². The number of carbonyl (C=O) groups excluding carboxylic acids is 1. The van der Waals surface area contributed by atoms with Crippen LogP contribution in [0, 0.1) is 6.92 Å². The van der Waals surface area contributed by atoms with Crippen molar-refractivity contribution in [2.75, 3.05) is 40.5 Å². The predicted octanol–water partition coefficient (Wildman–Crippen LogP) is 3.67. The molecule has 0 aliphatic carbocycles. The maximum absolute atomic E-state index is 13.5. The highest BCUT2D eigenvalue weighted by Crippen LogP contribution is 2.26. The number of methoxy groups -OCH3 is 2. The van der Waals surface area contributed by atoms with Gasteiger partial charge >= 0.3 is 6.01 Å². The van der Waals surface area contributed by atoms with Crippen LogP contribution in [-0.4, -0.2) is 79.5 Å². The van der Waals surface area contributed by atoms with Gasteiger partial charge in [0.1, 0.15) is 12.3 Å². The van der Waals surface area contributed by atoms with E-state index in [-0.39, 0.29) is 29.5 Å². The standard InChI is InChI=1S/C29H42N4O5/c1-19-25(27(34)33-14-11-22(12-15-33)30-23-13-16-37-18-24(23)35-5)31-28(36-6)32-26(19)38-17-20-7-9-21(10-8-20)29(2,3)4/h7-10,22-24,30H,11-18H2,1-6H3/t23-,24+/m0/s1. The molecule has 0 bridgehead atoms. The number of piperidine rings is 1. The van der Waals surface area contributed by atoms with E-state index in [0.717, 1.165) is 31.4 Å². The molecule has 9 heteroatoms. The average Bonchev–Trinajstić information content (AvgIpc) is 2.92. The van der Waals surface area contributed by atoms with Crippen LogP contribution >= 0.6 is 0 Å². The lowest BCUT2D eigenvalue weighted by Crippen LogP contribution is -2.54. The third-order valence-corrected chi connectivity index (χ3v) is 7.50. The predicted molar refractivity (Wildman–Crippen MR) is 145 cm³/mol. The molecular formula is C29H42N4O5. The minimum atomic E-state index is -0.123. The van der Waals surface area contributed by atoms with Crippen LogP contribution in [0.2, 0.25) is 0 Å². The summed E-state index contributed by atoms with van der Waals surface area (Å²) in [6.45, 7) is 11.4. The number of carbonyl (C=O) groups is 1. The van der Waals surface area contributed by atoms with Crippen molar-refractivity contribution in [3.8, 4) is 11.9 Å². The van der Waals surface area contributed by atoms with Gasteiger partial charge in [-0.2, -0.15) is 9.97 Å². The van der Waals surface area contributed by atoms with Gasteiger partial charge in [0.2, 0.25) is 5.88 Å². The van der Waals surface area contributed by atoms with E-state index in [0.29, 0.717) is 49.5 Å². The molecule has 2 saturated heterocycles. The highest BCUT2D eigenvalue weighted by Gasteiger charge is 2.31. The number of nitrogens with zero attached hydrogens (tertiary/aromatic N) is 3. The van der Waals surface area contributed by atoms with E-state index in [1.54, 1.807) is 7.11 Å². The molecule has 208 valence electrons. The highest BCUT2D eigenvalue weighted by molar-refractivity contribution is 5.94. The summed E-state index contributed by atoms with van der Waals surface area (Å²) in [5, 5.41) is 3.73. The third-order valence-electron chi connectivity index (χ3n) is 7.50. The molecule has 2 aliphatic rings. The summed E-state index contributed by atoms with van der Waals surface area (Å²) >= 11 is 0. The van der Waals surface area contributed by atoms with Gasteiger partial charge in [-0.15, -0.1) is 0 Å². The number of nitrogens with one attached hydrogen (secondary N) is 1. The summed E-state index contributed by atoms with van der Waals surface area (Å²) in [4.78, 5) is 24.2. The second kappa shape index (κ2) is 12.4. The number of likely N-dealkylation sites (tertiary alicyclic amines) is 1. The normalized spacial score (nSPS) is 20.8. The van der Waals surface area contributed by atoms with Crippen molar-refractivity contribution in [3.63, 3.8) is 0 Å². The van der Waals surface area contributed by atoms with E-state index >= 15 is 0 Å². The Hall–Kier alpha value is -2.75. The first-order valence-electron chi connectivity index (χ1n) is 13.5. The number of ether oxygens (including phenoxy) is 4. The van der Waals surface area contributed by atoms with E-state index in [9.17, 15) is 4.79 Å². The van der Waals surface area contributed by atoms with E-state index in [4.69, 9.17) is 18.9 Å². The molecule has 1 aromatic carbocycles. The zero-order chi connectivity index (χ0) is 27.3. The Morgan fingerprint density at radius 1 is 1.11 bits per heavy atom. The Balaban J connectivity index is 1.39. The molecule has 0 radical (unpaired) electrons. The van der Waals surface area contributed by atoms with E-state index in [1.165, 1.54) is 12.7 Å². The maximum atomic E-state index is 13.5. The lowest BCUT2D eigenvalue weighted by atomic mass is 9.87. The maximum Gasteiger partial charge on any atom is 0.320 e. The SMILES string of the molecule is COc1nc(OCc2ccc(C(C)(C)C)cc2)c(C)c(C(=O)N2CCC(N[C@H]3CCOC[C@H]3OC)CC2)n1. The van der Waals surface area contributed by atoms with Crippen molar-refractivity contribution in [3.05, 3.63) is 46.6 Å². The molecule has 1 amide bonds. The van der Waals surface area contributed by atoms with Crippen LogP contribution in [-0.2, 0) is 21.5 Å². The second-order valence-corrected chi connectivity index (χ2v) is 11.2. The van der Waals surface area contributed by atoms with Gasteiger partial charge in [-0.25, -0.2) is 0 Å². The van der Waals surface area contributed by atoms with Gasteiger partial charge in [0.15, 0.2) is 0 Å². The van der Waals surface area contributed by atoms with Crippen LogP contribution in [0.25, 0.3) is 0 Å². The molecule has 1 aromatic heterocycles. The molecule has 0 unspecified atom stereocenters. The average molecular weight is 527 g/mol. The largest absolute Gasteiger partial charge is 0.472 e. The highest BCUT2D eigenvalue weighted by atomic mass is 16.5. The van der Waals surface area contributed by atoms with Crippen LogP contribution in [0.15, 0.2) is 24.3 Å². The quantitative estimate of drug-likeness (QED) is 0.557. The Kier molecular flexibility index (Phi) is 9.23. The van der Waals surface area contributed by atoms with Crippen LogP contribution in [0.3, 0.4) is 0 Å². The van der Waals surface area contributed by atoms with Gasteiger partial charge in [0.25, 0.3) is 5.91 Å². The number of hydrogen-bond donors (Lipinski definition) is 1. The molecule has 2 aliphatic heterocycles. The summed E-state index contributed by atoms with van der Waals surface area (Å²) < 4.78 is 22.5. The molecule has 2 fully saturated rings. The van der Waals surface area contributed by atoms with Gasteiger partial charge in [-0.3, -0.25) is 4.79 Å². The zero-order valence-electron chi connectivity index (χ0n) is 23.6. The second-order valence-electron chi connectivity index (χ2n) is 11.2. The molecule has 4 rings (SSSR count). The molecule has 2 atom stereocenters. The summed E-state index contributed by atoms with van der Waals surface area (Å²) in [5.41, 5.74) is 3.32. The number of benzene rings is 1. The topological polar surface area (TPSA) is 95.0 Å². The lowest BCUT2D eigenvalue weighted by molar-refractivity contribution is -0.0533. The van der Waals surface area contributed by atoms with Crippen molar-refractivity contribution >= 4 is 5.91 Å². The number of rotatable bonds is 8. The number of hydrogen-bond acceptors (Lipinski definition) is 8. The number of aromatic nitrogens is 2. The van der Waals surface area contributed by atoms with Crippen LogP contribution in [0.1, 0.15) is 67.2 Å². The van der Waals surface area contributed by atoms with E-state index < -0.39 is 0 Å². The Bertz CT molecular complexity index is 1080.